The molecule has 0 bridgehead atoms. The number of carbonyl (C=O) groups is 2. The number of ether oxygens (including phenoxy) is 2. The van der Waals surface area contributed by atoms with E-state index in [1.807, 2.05) is 13.8 Å². The number of fused-ring (bicyclic) bond motifs is 2. The molecule has 5 unspecified atom stereocenters. The van der Waals surface area contributed by atoms with E-state index in [9.17, 15) is 9.59 Å². The summed E-state index contributed by atoms with van der Waals surface area (Å²) in [6, 6.07) is 0. The second kappa shape index (κ2) is 3.01. The van der Waals surface area contributed by atoms with Crippen LogP contribution in [-0.4, -0.2) is 29.1 Å². The molecule has 0 aromatic heterocycles. The topological polar surface area (TPSA) is 55.9 Å². The quantitative estimate of drug-likeness (QED) is 0.377. The number of esters is 1. The monoisotopic (exact) mass is 260 g/mol. The van der Waals surface area contributed by atoms with Crippen molar-refractivity contribution in [1.82, 2.24) is 0 Å². The Labute approximate surface area is 111 Å². The number of ketones is 1. The molecule has 5 atom stereocenters. The zero-order chi connectivity index (χ0) is 13.6. The molecule has 2 heterocycles. The first-order valence-electron chi connectivity index (χ1n) is 6.73. The summed E-state index contributed by atoms with van der Waals surface area (Å²) in [6.07, 6.45) is 2.94. The van der Waals surface area contributed by atoms with E-state index in [1.165, 1.54) is 0 Å². The van der Waals surface area contributed by atoms with E-state index < -0.39 is 11.2 Å². The molecule has 3 fully saturated rings. The molecular formula is C15H16O4. The van der Waals surface area contributed by atoms with E-state index in [0.717, 1.165) is 18.4 Å². The van der Waals surface area contributed by atoms with Gasteiger partial charge in [0.05, 0.1) is 5.92 Å². The van der Waals surface area contributed by atoms with Crippen molar-refractivity contribution in [1.29, 1.82) is 0 Å². The second-order valence-corrected chi connectivity index (χ2v) is 6.34. The molecule has 0 amide bonds. The van der Waals surface area contributed by atoms with Gasteiger partial charge in [-0.2, -0.15) is 0 Å². The van der Waals surface area contributed by atoms with Gasteiger partial charge in [0.1, 0.15) is 11.7 Å². The van der Waals surface area contributed by atoms with Crippen molar-refractivity contribution in [2.24, 2.45) is 11.8 Å². The summed E-state index contributed by atoms with van der Waals surface area (Å²) in [7, 11) is 0. The molecule has 0 radical (unpaired) electrons. The molecule has 4 aliphatic rings. The van der Waals surface area contributed by atoms with Gasteiger partial charge in [-0.15, -0.1) is 0 Å². The Kier molecular flexibility index (Phi) is 1.81. The molecule has 1 spiro atoms. The van der Waals surface area contributed by atoms with E-state index in [1.54, 1.807) is 6.08 Å². The maximum absolute atomic E-state index is 12.3. The van der Waals surface area contributed by atoms with Crippen LogP contribution in [0.5, 0.6) is 0 Å². The van der Waals surface area contributed by atoms with Gasteiger partial charge in [-0.1, -0.05) is 12.2 Å². The lowest BCUT2D eigenvalue weighted by atomic mass is 9.78. The van der Waals surface area contributed by atoms with Crippen LogP contribution in [0, 0.1) is 11.8 Å². The minimum atomic E-state index is -0.776. The fourth-order valence-electron chi connectivity index (χ4n) is 4.34. The number of rotatable bonds is 0. The third-order valence-corrected chi connectivity index (χ3v) is 5.39. The fraction of sp³-hybridized carbons (Fsp3) is 0.600. The summed E-state index contributed by atoms with van der Waals surface area (Å²) in [5.41, 5.74) is 0.340. The Morgan fingerprint density at radius 3 is 2.89 bits per heavy atom. The first kappa shape index (κ1) is 11.4. The normalized spacial score (nSPS) is 50.9. The van der Waals surface area contributed by atoms with Crippen LogP contribution in [0.25, 0.3) is 0 Å². The number of carbonyl (C=O) groups excluding carboxylic acids is 2. The third-order valence-electron chi connectivity index (χ3n) is 5.39. The summed E-state index contributed by atoms with van der Waals surface area (Å²) in [6.45, 7) is 7.78. The van der Waals surface area contributed by atoms with E-state index in [0.29, 0.717) is 5.57 Å². The molecule has 4 heteroatoms. The first-order chi connectivity index (χ1) is 8.91. The van der Waals surface area contributed by atoms with Crippen molar-refractivity contribution in [2.75, 3.05) is 0 Å². The van der Waals surface area contributed by atoms with Gasteiger partial charge >= 0.3 is 5.97 Å². The lowest BCUT2D eigenvalue weighted by molar-refractivity contribution is -0.142. The molecule has 2 aliphatic heterocycles. The van der Waals surface area contributed by atoms with Crippen molar-refractivity contribution in [3.8, 4) is 0 Å². The van der Waals surface area contributed by atoms with Crippen LogP contribution in [0.3, 0.4) is 0 Å². The fourth-order valence-corrected chi connectivity index (χ4v) is 4.34. The first-order valence-corrected chi connectivity index (χ1v) is 6.73. The Morgan fingerprint density at radius 2 is 2.16 bits per heavy atom. The molecule has 100 valence electrons. The van der Waals surface area contributed by atoms with Crippen LogP contribution in [-0.2, 0) is 19.1 Å². The Bertz CT molecular complexity index is 575. The summed E-state index contributed by atoms with van der Waals surface area (Å²) in [5, 5.41) is 0. The summed E-state index contributed by atoms with van der Waals surface area (Å²) in [5.74, 6) is -0.397. The SMILES string of the molecule is C=C1C(=O)OC2C1CCC1(C)OC13C(=O)C=C(C)C23. The van der Waals surface area contributed by atoms with Gasteiger partial charge in [-0.05, 0) is 32.8 Å². The van der Waals surface area contributed by atoms with Gasteiger partial charge in [0.15, 0.2) is 11.4 Å². The minimum Gasteiger partial charge on any atom is -0.458 e. The molecule has 0 N–H and O–H groups in total. The molecule has 4 rings (SSSR count). The van der Waals surface area contributed by atoms with Crippen molar-refractivity contribution >= 4 is 11.8 Å². The van der Waals surface area contributed by atoms with Crippen molar-refractivity contribution in [3.63, 3.8) is 0 Å². The zero-order valence-corrected chi connectivity index (χ0v) is 11.1. The average molecular weight is 260 g/mol. The maximum Gasteiger partial charge on any atom is 0.334 e. The largest absolute Gasteiger partial charge is 0.458 e. The Hall–Kier alpha value is -1.42. The molecular weight excluding hydrogens is 244 g/mol. The number of hydrogen-bond donors (Lipinski definition) is 0. The average Bonchev–Trinajstić information content (AvgIpc) is 2.77. The molecule has 19 heavy (non-hydrogen) atoms. The van der Waals surface area contributed by atoms with E-state index in [4.69, 9.17) is 9.47 Å². The summed E-state index contributed by atoms with van der Waals surface area (Å²) >= 11 is 0. The standard InChI is InChI=1S/C15H16O4/c1-7-6-10(16)15-11(7)12-9(8(2)13(17)18-12)4-5-14(15,3)19-15/h6,9,11-12H,2,4-5H2,1,3H3. The highest BCUT2D eigenvalue weighted by Crippen LogP contribution is 2.65. The van der Waals surface area contributed by atoms with Gasteiger partial charge in [-0.3, -0.25) is 4.79 Å². The van der Waals surface area contributed by atoms with Gasteiger partial charge in [0.25, 0.3) is 0 Å². The Balaban J connectivity index is 1.85. The van der Waals surface area contributed by atoms with E-state index in [-0.39, 0.29) is 29.7 Å². The predicted octanol–water partition coefficient (Wildman–Crippen LogP) is 1.55. The van der Waals surface area contributed by atoms with Gasteiger partial charge < -0.3 is 9.47 Å². The van der Waals surface area contributed by atoms with Crippen LogP contribution in [0.4, 0.5) is 0 Å². The van der Waals surface area contributed by atoms with Crippen LogP contribution in [0.2, 0.25) is 0 Å². The molecule has 2 saturated heterocycles. The molecule has 1 saturated carbocycles. The smallest absolute Gasteiger partial charge is 0.334 e. The lowest BCUT2D eigenvalue weighted by Gasteiger charge is -2.26. The van der Waals surface area contributed by atoms with Crippen LogP contribution >= 0.6 is 0 Å². The van der Waals surface area contributed by atoms with Crippen molar-refractivity contribution < 1.29 is 19.1 Å². The number of hydrogen-bond acceptors (Lipinski definition) is 4. The predicted molar refractivity (Wildman–Crippen MR) is 66.2 cm³/mol. The third kappa shape index (κ3) is 1.06. The highest BCUT2D eigenvalue weighted by molar-refractivity contribution is 6.05. The highest BCUT2D eigenvalue weighted by Gasteiger charge is 2.79. The maximum atomic E-state index is 12.3. The zero-order valence-electron chi connectivity index (χ0n) is 11.1. The molecule has 2 aliphatic carbocycles. The second-order valence-electron chi connectivity index (χ2n) is 6.34. The van der Waals surface area contributed by atoms with Gasteiger partial charge in [0.2, 0.25) is 0 Å². The minimum absolute atomic E-state index is 0.0249. The molecule has 0 aromatic rings. The van der Waals surface area contributed by atoms with E-state index >= 15 is 0 Å². The Morgan fingerprint density at radius 1 is 1.42 bits per heavy atom. The number of epoxide rings is 1. The molecule has 0 aromatic carbocycles. The lowest BCUT2D eigenvalue weighted by Crippen LogP contribution is -2.41. The van der Waals surface area contributed by atoms with Crippen LogP contribution in [0.15, 0.2) is 23.8 Å². The highest BCUT2D eigenvalue weighted by atomic mass is 16.6. The van der Waals surface area contributed by atoms with Gasteiger partial charge in [-0.25, -0.2) is 4.79 Å². The summed E-state index contributed by atoms with van der Waals surface area (Å²) in [4.78, 5) is 24.1. The van der Waals surface area contributed by atoms with Gasteiger partial charge in [0, 0.05) is 11.5 Å². The van der Waals surface area contributed by atoms with Crippen LogP contribution < -0.4 is 0 Å². The molecule has 4 nitrogen and oxygen atoms in total. The van der Waals surface area contributed by atoms with E-state index in [2.05, 4.69) is 6.58 Å². The van der Waals surface area contributed by atoms with Crippen molar-refractivity contribution in [2.45, 2.75) is 44.0 Å². The summed E-state index contributed by atoms with van der Waals surface area (Å²) < 4.78 is 11.4. The van der Waals surface area contributed by atoms with Crippen LogP contribution in [0.1, 0.15) is 26.7 Å². The van der Waals surface area contributed by atoms with Crippen molar-refractivity contribution in [3.05, 3.63) is 23.8 Å².